The van der Waals surface area contributed by atoms with Crippen LogP contribution in [0.15, 0.2) is 18.2 Å². The number of anilines is 1. The number of amides is 1. The van der Waals surface area contributed by atoms with Crippen molar-refractivity contribution in [2.45, 2.75) is 32.8 Å². The number of hydrogen-bond donors (Lipinski definition) is 1. The number of benzene rings is 1. The molecule has 1 N–H and O–H groups in total. The minimum Gasteiger partial charge on any atom is -0.375 e. The summed E-state index contributed by atoms with van der Waals surface area (Å²) < 4.78 is 0. The van der Waals surface area contributed by atoms with Gasteiger partial charge in [0.15, 0.2) is 5.60 Å². The van der Waals surface area contributed by atoms with E-state index in [0.717, 1.165) is 5.56 Å². The molecule has 4 nitrogen and oxygen atoms in total. The Balaban J connectivity index is 2.60. The van der Waals surface area contributed by atoms with Gasteiger partial charge >= 0.3 is 0 Å². The normalized spacial score (nSPS) is 22.2. The van der Waals surface area contributed by atoms with Gasteiger partial charge < -0.3 is 10.0 Å². The summed E-state index contributed by atoms with van der Waals surface area (Å²) in [6, 6.07) is 5.50. The number of Topliss-reactive ketones (excluding diaryl/α,β-unsaturated/α-hetero) is 1. The number of aliphatic hydroxyl groups is 1. The lowest BCUT2D eigenvalue weighted by molar-refractivity contribution is -0.141. The Kier molecular flexibility index (Phi) is 2.99. The Morgan fingerprint density at radius 2 is 2.11 bits per heavy atom. The van der Waals surface area contributed by atoms with Crippen LogP contribution < -0.4 is 4.90 Å². The van der Waals surface area contributed by atoms with Gasteiger partial charge in [-0.15, -0.1) is 0 Å². The number of aryl methyl sites for hydroxylation is 1. The summed E-state index contributed by atoms with van der Waals surface area (Å²) in [5.41, 5.74) is 0.520. The monoisotopic (exact) mass is 247 g/mol. The second-order valence-electron chi connectivity index (χ2n) is 4.81. The molecule has 18 heavy (non-hydrogen) atoms. The van der Waals surface area contributed by atoms with Gasteiger partial charge in [0.25, 0.3) is 5.91 Å². The molecule has 0 aliphatic carbocycles. The second-order valence-corrected chi connectivity index (χ2v) is 4.81. The first-order valence-electron chi connectivity index (χ1n) is 6.05. The maximum absolute atomic E-state index is 12.3. The Morgan fingerprint density at radius 1 is 1.44 bits per heavy atom. The first-order chi connectivity index (χ1) is 8.40. The van der Waals surface area contributed by atoms with E-state index < -0.39 is 11.5 Å². The number of likely N-dealkylation sites (N-methyl/N-ethyl adjacent to an activating group) is 1. The molecule has 1 aromatic carbocycles. The van der Waals surface area contributed by atoms with E-state index in [-0.39, 0.29) is 12.2 Å². The lowest BCUT2D eigenvalue weighted by Gasteiger charge is -2.21. The Morgan fingerprint density at radius 3 is 2.67 bits per heavy atom. The Bertz CT molecular complexity index is 524. The van der Waals surface area contributed by atoms with Crippen molar-refractivity contribution in [1.29, 1.82) is 0 Å². The minimum absolute atomic E-state index is 0.168. The highest BCUT2D eigenvalue weighted by molar-refractivity contribution is 6.08. The molecule has 1 atom stereocenters. The van der Waals surface area contributed by atoms with Crippen molar-refractivity contribution in [1.82, 2.24) is 0 Å². The molecule has 0 aromatic heterocycles. The SMILES string of the molecule is CCN1C(=O)C(O)(CC(C)=O)c2cc(C)ccc21. The number of rotatable bonds is 3. The van der Waals surface area contributed by atoms with Crippen molar-refractivity contribution in [3.63, 3.8) is 0 Å². The summed E-state index contributed by atoms with van der Waals surface area (Å²) in [7, 11) is 0. The van der Waals surface area contributed by atoms with Crippen LogP contribution in [-0.2, 0) is 15.2 Å². The van der Waals surface area contributed by atoms with Crippen molar-refractivity contribution in [2.24, 2.45) is 0 Å². The van der Waals surface area contributed by atoms with Crippen LogP contribution in [0.25, 0.3) is 0 Å². The van der Waals surface area contributed by atoms with Gasteiger partial charge in [-0.1, -0.05) is 17.7 Å². The summed E-state index contributed by atoms with van der Waals surface area (Å²) in [5, 5.41) is 10.6. The largest absolute Gasteiger partial charge is 0.375 e. The maximum Gasteiger partial charge on any atom is 0.264 e. The highest BCUT2D eigenvalue weighted by Crippen LogP contribution is 2.42. The second kappa shape index (κ2) is 4.21. The zero-order chi connectivity index (χ0) is 13.5. The number of carbonyl (C=O) groups excluding carboxylic acids is 2. The molecule has 1 aromatic rings. The van der Waals surface area contributed by atoms with E-state index in [4.69, 9.17) is 0 Å². The van der Waals surface area contributed by atoms with Crippen LogP contribution in [0.2, 0.25) is 0 Å². The highest BCUT2D eigenvalue weighted by atomic mass is 16.3. The molecular weight excluding hydrogens is 230 g/mol. The van der Waals surface area contributed by atoms with E-state index >= 15 is 0 Å². The van der Waals surface area contributed by atoms with Gasteiger partial charge in [-0.25, -0.2) is 0 Å². The lowest BCUT2D eigenvalue weighted by atomic mass is 9.89. The number of fused-ring (bicyclic) bond motifs is 1. The zero-order valence-corrected chi connectivity index (χ0v) is 10.9. The maximum atomic E-state index is 12.3. The van der Waals surface area contributed by atoms with E-state index in [1.54, 1.807) is 6.07 Å². The van der Waals surface area contributed by atoms with Crippen molar-refractivity contribution >= 4 is 17.4 Å². The van der Waals surface area contributed by atoms with Gasteiger partial charge in [0, 0.05) is 18.5 Å². The molecule has 4 heteroatoms. The van der Waals surface area contributed by atoms with Crippen LogP contribution in [0.4, 0.5) is 5.69 Å². The molecule has 1 aliphatic rings. The molecule has 0 bridgehead atoms. The fourth-order valence-electron chi connectivity index (χ4n) is 2.51. The standard InChI is InChI=1S/C14H17NO3/c1-4-15-12-6-5-9(2)7-11(12)14(18,13(15)17)8-10(3)16/h5-7,18H,4,8H2,1-3H3. The molecule has 1 unspecified atom stereocenters. The molecular formula is C14H17NO3. The number of ketones is 1. The van der Waals surface area contributed by atoms with E-state index in [1.165, 1.54) is 11.8 Å². The Hall–Kier alpha value is -1.68. The fourth-order valence-corrected chi connectivity index (χ4v) is 2.51. The first-order valence-corrected chi connectivity index (χ1v) is 6.05. The molecule has 1 amide bonds. The van der Waals surface area contributed by atoms with Crippen LogP contribution in [0.5, 0.6) is 0 Å². The van der Waals surface area contributed by atoms with E-state index in [9.17, 15) is 14.7 Å². The summed E-state index contributed by atoms with van der Waals surface area (Å²) in [6.45, 7) is 5.61. The predicted octanol–water partition coefficient (Wildman–Crippen LogP) is 1.53. The van der Waals surface area contributed by atoms with E-state index in [1.807, 2.05) is 26.0 Å². The molecule has 96 valence electrons. The van der Waals surface area contributed by atoms with Gasteiger partial charge in [-0.05, 0) is 26.8 Å². The summed E-state index contributed by atoms with van der Waals surface area (Å²) in [4.78, 5) is 25.1. The van der Waals surface area contributed by atoms with E-state index in [2.05, 4.69) is 0 Å². The predicted molar refractivity (Wildman–Crippen MR) is 68.4 cm³/mol. The number of carbonyl (C=O) groups is 2. The van der Waals surface area contributed by atoms with Crippen LogP contribution in [0, 0.1) is 6.92 Å². The molecule has 0 fully saturated rings. The molecule has 0 saturated heterocycles. The van der Waals surface area contributed by atoms with Gasteiger partial charge in [0.05, 0.1) is 5.69 Å². The lowest BCUT2D eigenvalue weighted by Crippen LogP contribution is -2.41. The molecule has 1 heterocycles. The fraction of sp³-hybridized carbons (Fsp3) is 0.429. The average molecular weight is 247 g/mol. The molecule has 2 rings (SSSR count). The summed E-state index contributed by atoms with van der Waals surface area (Å²) in [6.07, 6.45) is -0.168. The number of hydrogen-bond acceptors (Lipinski definition) is 3. The molecule has 1 aliphatic heterocycles. The topological polar surface area (TPSA) is 57.6 Å². The molecule has 0 saturated carbocycles. The van der Waals surface area contributed by atoms with Gasteiger partial charge in [-0.2, -0.15) is 0 Å². The Labute approximate surface area is 106 Å². The quantitative estimate of drug-likeness (QED) is 0.881. The minimum atomic E-state index is -1.69. The van der Waals surface area contributed by atoms with Crippen molar-refractivity contribution in [2.75, 3.05) is 11.4 Å². The van der Waals surface area contributed by atoms with Crippen molar-refractivity contribution in [3.05, 3.63) is 29.3 Å². The van der Waals surface area contributed by atoms with Crippen LogP contribution in [0.3, 0.4) is 0 Å². The van der Waals surface area contributed by atoms with Gasteiger partial charge in [0.2, 0.25) is 0 Å². The third-order valence-corrected chi connectivity index (χ3v) is 3.31. The smallest absolute Gasteiger partial charge is 0.264 e. The van der Waals surface area contributed by atoms with Crippen molar-refractivity contribution in [3.8, 4) is 0 Å². The third-order valence-electron chi connectivity index (χ3n) is 3.31. The summed E-state index contributed by atoms with van der Waals surface area (Å²) in [5.74, 6) is -0.600. The van der Waals surface area contributed by atoms with Crippen LogP contribution >= 0.6 is 0 Å². The summed E-state index contributed by atoms with van der Waals surface area (Å²) >= 11 is 0. The molecule has 0 spiro atoms. The molecule has 0 radical (unpaired) electrons. The van der Waals surface area contributed by atoms with Crippen LogP contribution in [-0.4, -0.2) is 23.3 Å². The van der Waals surface area contributed by atoms with Gasteiger partial charge in [-0.3, -0.25) is 9.59 Å². The van der Waals surface area contributed by atoms with Gasteiger partial charge in [0.1, 0.15) is 5.78 Å². The number of nitrogens with zero attached hydrogens (tertiary/aromatic N) is 1. The van der Waals surface area contributed by atoms with Crippen molar-refractivity contribution < 1.29 is 14.7 Å². The average Bonchev–Trinajstić information content (AvgIpc) is 2.48. The third kappa shape index (κ3) is 1.73. The first kappa shape index (κ1) is 12.8. The zero-order valence-electron chi connectivity index (χ0n) is 10.9. The highest BCUT2D eigenvalue weighted by Gasteiger charge is 2.49. The van der Waals surface area contributed by atoms with Crippen LogP contribution in [0.1, 0.15) is 31.4 Å². The van der Waals surface area contributed by atoms with E-state index in [0.29, 0.717) is 17.8 Å².